The van der Waals surface area contributed by atoms with E-state index in [4.69, 9.17) is 9.68 Å². The van der Waals surface area contributed by atoms with Crippen LogP contribution in [0.5, 0.6) is 0 Å². The molecule has 240 valence electrons. The van der Waals surface area contributed by atoms with E-state index in [9.17, 15) is 24.5 Å². The SMILES string of the molecule is CC(=O)O/N=C(/C)c1ccc(N(c2ccc(C(=O)c3ccccc3)cc2)c2ccc(/C(C)=N\OC(C)=O)c3ccc([N+](=O)[O-])cc23)cc1. The number of carbonyl (C=O) groups excluding carboxylic acids is 3. The van der Waals surface area contributed by atoms with Crippen LogP contribution in [0.3, 0.4) is 0 Å². The number of non-ortho nitro benzene ring substituents is 1. The summed E-state index contributed by atoms with van der Waals surface area (Å²) in [6.07, 6.45) is 0. The lowest BCUT2D eigenvalue weighted by molar-refractivity contribution is -0.384. The maximum Gasteiger partial charge on any atom is 0.331 e. The highest BCUT2D eigenvalue weighted by atomic mass is 16.7. The van der Waals surface area contributed by atoms with E-state index in [-0.39, 0.29) is 11.5 Å². The fraction of sp³-hybridized carbons (Fsp3) is 0.108. The van der Waals surface area contributed by atoms with E-state index in [0.717, 1.165) is 0 Å². The zero-order chi connectivity index (χ0) is 34.4. The van der Waals surface area contributed by atoms with Gasteiger partial charge in [0.25, 0.3) is 5.69 Å². The zero-order valence-corrected chi connectivity index (χ0v) is 26.5. The fourth-order valence-electron chi connectivity index (χ4n) is 5.11. The molecular weight excluding hydrogens is 612 g/mol. The molecule has 0 aliphatic carbocycles. The topological polar surface area (TPSA) is 141 Å². The third kappa shape index (κ3) is 7.31. The number of ketones is 1. The van der Waals surface area contributed by atoms with Crippen molar-refractivity contribution in [3.05, 3.63) is 142 Å². The Morgan fingerprint density at radius 2 is 1.17 bits per heavy atom. The lowest BCUT2D eigenvalue weighted by Crippen LogP contribution is -2.12. The average molecular weight is 643 g/mol. The van der Waals surface area contributed by atoms with E-state index in [1.165, 1.54) is 26.0 Å². The minimum Gasteiger partial charge on any atom is -0.318 e. The molecule has 0 heterocycles. The van der Waals surface area contributed by atoms with Crippen molar-refractivity contribution in [1.29, 1.82) is 0 Å². The highest BCUT2D eigenvalue weighted by molar-refractivity contribution is 6.14. The van der Waals surface area contributed by atoms with Gasteiger partial charge in [0, 0.05) is 59.4 Å². The van der Waals surface area contributed by atoms with Gasteiger partial charge in [-0.25, -0.2) is 9.59 Å². The van der Waals surface area contributed by atoms with Crippen LogP contribution in [0.4, 0.5) is 22.7 Å². The van der Waals surface area contributed by atoms with Gasteiger partial charge in [0.15, 0.2) is 5.78 Å². The van der Waals surface area contributed by atoms with Gasteiger partial charge in [0.05, 0.1) is 22.0 Å². The first-order valence-electron chi connectivity index (χ1n) is 14.8. The molecule has 0 aromatic heterocycles. The Labute approximate surface area is 275 Å². The maximum atomic E-state index is 13.2. The molecule has 0 N–H and O–H groups in total. The van der Waals surface area contributed by atoms with Crippen LogP contribution in [0, 0.1) is 10.1 Å². The first-order chi connectivity index (χ1) is 23.0. The number of fused-ring (bicyclic) bond motifs is 1. The van der Waals surface area contributed by atoms with E-state index < -0.39 is 16.9 Å². The molecule has 0 unspecified atom stereocenters. The lowest BCUT2D eigenvalue weighted by atomic mass is 9.97. The molecule has 0 atom stereocenters. The molecule has 11 nitrogen and oxygen atoms in total. The molecule has 0 bridgehead atoms. The first kappa shape index (κ1) is 32.9. The second-order valence-electron chi connectivity index (χ2n) is 10.8. The Bertz CT molecular complexity index is 2090. The number of hydrogen-bond donors (Lipinski definition) is 0. The van der Waals surface area contributed by atoms with Gasteiger partial charge < -0.3 is 14.6 Å². The summed E-state index contributed by atoms with van der Waals surface area (Å²) < 4.78 is 0. The Morgan fingerprint density at radius 1 is 0.625 bits per heavy atom. The molecule has 0 fully saturated rings. The van der Waals surface area contributed by atoms with Crippen LogP contribution < -0.4 is 4.90 Å². The van der Waals surface area contributed by atoms with Crippen molar-refractivity contribution in [3.63, 3.8) is 0 Å². The van der Waals surface area contributed by atoms with Crippen LogP contribution in [0.25, 0.3) is 10.8 Å². The van der Waals surface area contributed by atoms with Crippen molar-refractivity contribution < 1.29 is 29.0 Å². The summed E-state index contributed by atoms with van der Waals surface area (Å²) in [5.41, 5.74) is 5.09. The Balaban J connectivity index is 1.69. The average Bonchev–Trinajstić information content (AvgIpc) is 3.10. The normalized spacial score (nSPS) is 11.6. The monoisotopic (exact) mass is 642 g/mol. The summed E-state index contributed by atoms with van der Waals surface area (Å²) in [6, 6.07) is 31.5. The third-order valence-corrected chi connectivity index (χ3v) is 7.41. The number of oxime groups is 2. The summed E-state index contributed by atoms with van der Waals surface area (Å²) in [5, 5.41) is 20.9. The van der Waals surface area contributed by atoms with E-state index in [0.29, 0.717) is 61.5 Å². The van der Waals surface area contributed by atoms with Crippen molar-refractivity contribution in [3.8, 4) is 0 Å². The molecule has 0 amide bonds. The van der Waals surface area contributed by atoms with Gasteiger partial charge in [-0.2, -0.15) is 0 Å². The molecule has 5 rings (SSSR count). The molecule has 0 aliphatic rings. The third-order valence-electron chi connectivity index (χ3n) is 7.41. The van der Waals surface area contributed by atoms with E-state index >= 15 is 0 Å². The van der Waals surface area contributed by atoms with Gasteiger partial charge in [0.1, 0.15) is 0 Å². The molecule has 5 aromatic carbocycles. The summed E-state index contributed by atoms with van der Waals surface area (Å²) >= 11 is 0. The Morgan fingerprint density at radius 3 is 1.73 bits per heavy atom. The van der Waals surface area contributed by atoms with Crippen LogP contribution >= 0.6 is 0 Å². The number of carbonyl (C=O) groups is 3. The fourth-order valence-corrected chi connectivity index (χ4v) is 5.11. The molecule has 0 saturated heterocycles. The molecule has 48 heavy (non-hydrogen) atoms. The van der Waals surface area contributed by atoms with Crippen LogP contribution in [-0.4, -0.2) is 34.1 Å². The molecule has 5 aromatic rings. The van der Waals surface area contributed by atoms with Gasteiger partial charge >= 0.3 is 11.9 Å². The molecular formula is C37H30N4O7. The number of nitro groups is 1. The van der Waals surface area contributed by atoms with Gasteiger partial charge in [-0.3, -0.25) is 14.9 Å². The summed E-state index contributed by atoms with van der Waals surface area (Å²) in [7, 11) is 0. The second kappa shape index (κ2) is 14.3. The predicted octanol–water partition coefficient (Wildman–Crippen LogP) is 8.02. The van der Waals surface area contributed by atoms with Crippen molar-refractivity contribution >= 4 is 62.7 Å². The van der Waals surface area contributed by atoms with E-state index in [1.54, 1.807) is 68.4 Å². The quantitative estimate of drug-likeness (QED) is 0.0490. The van der Waals surface area contributed by atoms with Crippen molar-refractivity contribution in [2.45, 2.75) is 27.7 Å². The molecule has 11 heteroatoms. The van der Waals surface area contributed by atoms with Gasteiger partial charge in [-0.15, -0.1) is 0 Å². The van der Waals surface area contributed by atoms with Gasteiger partial charge in [-0.1, -0.05) is 58.8 Å². The van der Waals surface area contributed by atoms with Crippen LogP contribution in [-0.2, 0) is 19.3 Å². The second-order valence-corrected chi connectivity index (χ2v) is 10.8. The van der Waals surface area contributed by atoms with Crippen LogP contribution in [0.2, 0.25) is 0 Å². The molecule has 0 aliphatic heterocycles. The number of anilines is 3. The van der Waals surface area contributed by atoms with E-state index in [1.807, 2.05) is 47.4 Å². The number of hydrogen-bond acceptors (Lipinski definition) is 10. The van der Waals surface area contributed by atoms with Crippen LogP contribution in [0.15, 0.2) is 120 Å². The zero-order valence-electron chi connectivity index (χ0n) is 26.5. The lowest BCUT2D eigenvalue weighted by Gasteiger charge is -2.27. The number of benzene rings is 5. The highest BCUT2D eigenvalue weighted by Gasteiger charge is 2.21. The summed E-state index contributed by atoms with van der Waals surface area (Å²) in [4.78, 5) is 58.9. The largest absolute Gasteiger partial charge is 0.331 e. The van der Waals surface area contributed by atoms with Crippen molar-refractivity contribution in [2.75, 3.05) is 4.90 Å². The molecule has 0 radical (unpaired) electrons. The number of nitrogens with zero attached hydrogens (tertiary/aromatic N) is 4. The number of rotatable bonds is 10. The minimum absolute atomic E-state index is 0.119. The summed E-state index contributed by atoms with van der Waals surface area (Å²) in [6.45, 7) is 5.90. The van der Waals surface area contributed by atoms with Crippen LogP contribution in [0.1, 0.15) is 54.7 Å². The first-order valence-corrected chi connectivity index (χ1v) is 14.8. The minimum atomic E-state index is -0.581. The van der Waals surface area contributed by atoms with E-state index in [2.05, 4.69) is 10.3 Å². The van der Waals surface area contributed by atoms with Gasteiger partial charge in [-0.05, 0) is 73.3 Å². The Kier molecular flexibility index (Phi) is 9.80. The Hall–Kier alpha value is -6.49. The number of nitro benzene ring substituents is 1. The predicted molar refractivity (Wildman–Crippen MR) is 183 cm³/mol. The molecule has 0 saturated carbocycles. The van der Waals surface area contributed by atoms with Gasteiger partial charge in [0.2, 0.25) is 0 Å². The summed E-state index contributed by atoms with van der Waals surface area (Å²) in [5.74, 6) is -1.25. The standard InChI is InChI=1S/C37H30N4O7/c1-23(38-47-25(3)42)27-10-14-30(15-11-27)40(31-16-12-29(13-17-31)37(44)28-8-6-5-7-9-28)36-21-20-33(24(2)39-48-26(4)43)34-19-18-32(41(45)46)22-35(34)36/h5-22H,1-4H3/b38-23-,39-24-. The van der Waals surface area contributed by atoms with Crippen molar-refractivity contribution in [1.82, 2.24) is 0 Å². The molecule has 0 spiro atoms. The van der Waals surface area contributed by atoms with Crippen molar-refractivity contribution in [2.24, 2.45) is 10.3 Å². The highest BCUT2D eigenvalue weighted by Crippen LogP contribution is 2.41. The smallest absolute Gasteiger partial charge is 0.318 e. The maximum absolute atomic E-state index is 13.2.